The predicted molar refractivity (Wildman–Crippen MR) is 81.3 cm³/mol. The zero-order chi connectivity index (χ0) is 15.8. The predicted octanol–water partition coefficient (Wildman–Crippen LogP) is 2.71. The normalized spacial score (nSPS) is 16.5. The molecule has 2 aromatic heterocycles. The summed E-state index contributed by atoms with van der Waals surface area (Å²) in [5, 5.41) is 0. The number of pyridine rings is 1. The van der Waals surface area contributed by atoms with Crippen LogP contribution in [0.3, 0.4) is 0 Å². The molecule has 1 saturated heterocycles. The third kappa shape index (κ3) is 2.68. The van der Waals surface area contributed by atoms with Crippen LogP contribution in [0.4, 0.5) is 4.39 Å². The van der Waals surface area contributed by atoms with E-state index in [1.165, 1.54) is 12.1 Å². The van der Waals surface area contributed by atoms with Gasteiger partial charge >= 0.3 is 5.63 Å². The SMILES string of the molecule is O=c1on(CC2CO2)c(-c2ccncc2)c1-c1ccc(F)cc1. The van der Waals surface area contributed by atoms with Gasteiger partial charge in [-0.25, -0.2) is 13.9 Å². The molecule has 23 heavy (non-hydrogen) atoms. The number of rotatable bonds is 4. The molecule has 0 radical (unpaired) electrons. The summed E-state index contributed by atoms with van der Waals surface area (Å²) in [6.07, 6.45) is 3.37. The molecule has 0 aliphatic carbocycles. The summed E-state index contributed by atoms with van der Waals surface area (Å²) in [6, 6.07) is 9.41. The lowest BCUT2D eigenvalue weighted by atomic mass is 10.0. The number of nitrogens with zero attached hydrogens (tertiary/aromatic N) is 2. The summed E-state index contributed by atoms with van der Waals surface area (Å²) >= 11 is 0. The average Bonchev–Trinajstić information content (AvgIpc) is 3.32. The van der Waals surface area contributed by atoms with E-state index in [1.807, 2.05) is 12.1 Å². The van der Waals surface area contributed by atoms with Crippen LogP contribution < -0.4 is 5.63 Å². The second-order valence-electron chi connectivity index (χ2n) is 5.36. The fourth-order valence-corrected chi connectivity index (χ4v) is 2.57. The van der Waals surface area contributed by atoms with Gasteiger partial charge < -0.3 is 9.26 Å². The molecule has 1 unspecified atom stereocenters. The van der Waals surface area contributed by atoms with E-state index >= 15 is 0 Å². The van der Waals surface area contributed by atoms with E-state index < -0.39 is 5.63 Å². The first-order chi connectivity index (χ1) is 11.2. The van der Waals surface area contributed by atoms with E-state index in [4.69, 9.17) is 9.26 Å². The van der Waals surface area contributed by atoms with E-state index in [1.54, 1.807) is 29.3 Å². The van der Waals surface area contributed by atoms with Crippen LogP contribution in [0.25, 0.3) is 22.4 Å². The van der Waals surface area contributed by atoms with Crippen LogP contribution in [0.2, 0.25) is 0 Å². The maximum absolute atomic E-state index is 13.2. The van der Waals surface area contributed by atoms with Gasteiger partial charge in [-0.15, -0.1) is 0 Å². The van der Waals surface area contributed by atoms with Crippen molar-refractivity contribution in [2.75, 3.05) is 6.61 Å². The molecule has 116 valence electrons. The highest BCUT2D eigenvalue weighted by Gasteiger charge is 2.28. The van der Waals surface area contributed by atoms with Crippen molar-refractivity contribution in [1.82, 2.24) is 9.72 Å². The topological polar surface area (TPSA) is 60.6 Å². The van der Waals surface area contributed by atoms with Gasteiger partial charge in [-0.1, -0.05) is 12.1 Å². The first kappa shape index (κ1) is 13.9. The highest BCUT2D eigenvalue weighted by Crippen LogP contribution is 2.31. The van der Waals surface area contributed by atoms with E-state index in [9.17, 15) is 9.18 Å². The average molecular weight is 312 g/mol. The van der Waals surface area contributed by atoms with Crippen molar-refractivity contribution in [2.24, 2.45) is 0 Å². The molecule has 0 spiro atoms. The summed E-state index contributed by atoms with van der Waals surface area (Å²) in [5.74, 6) is -0.352. The standard InChI is InChI=1S/C17H13FN2O3/c18-13-3-1-11(2-4-13)15-16(12-5-7-19-8-6-12)20(23-17(15)21)9-14-10-22-14/h1-8,14H,9-10H2. The number of aromatic nitrogens is 2. The molecule has 5 nitrogen and oxygen atoms in total. The molecule has 4 rings (SSSR count). The lowest BCUT2D eigenvalue weighted by Gasteiger charge is -2.07. The number of ether oxygens (including phenoxy) is 1. The molecule has 6 heteroatoms. The molecule has 1 fully saturated rings. The van der Waals surface area contributed by atoms with Crippen LogP contribution in [-0.2, 0) is 11.3 Å². The molecule has 3 heterocycles. The van der Waals surface area contributed by atoms with Gasteiger partial charge in [0.05, 0.1) is 24.4 Å². The van der Waals surface area contributed by atoms with Crippen LogP contribution >= 0.6 is 0 Å². The minimum Gasteiger partial charge on any atom is -0.371 e. The quantitative estimate of drug-likeness (QED) is 0.695. The summed E-state index contributed by atoms with van der Waals surface area (Å²) in [7, 11) is 0. The van der Waals surface area contributed by atoms with Crippen molar-refractivity contribution in [2.45, 2.75) is 12.6 Å². The van der Waals surface area contributed by atoms with E-state index in [-0.39, 0.29) is 11.9 Å². The minimum atomic E-state index is -0.455. The number of epoxide rings is 1. The van der Waals surface area contributed by atoms with Crippen molar-refractivity contribution >= 4 is 0 Å². The third-order valence-corrected chi connectivity index (χ3v) is 3.74. The van der Waals surface area contributed by atoms with Crippen molar-refractivity contribution < 1.29 is 13.7 Å². The van der Waals surface area contributed by atoms with Crippen molar-refractivity contribution in [3.8, 4) is 22.4 Å². The molecule has 1 aliphatic heterocycles. The van der Waals surface area contributed by atoms with E-state index in [0.29, 0.717) is 30.0 Å². The van der Waals surface area contributed by atoms with Gasteiger partial charge in [0.25, 0.3) is 0 Å². The van der Waals surface area contributed by atoms with E-state index in [0.717, 1.165) is 5.56 Å². The Labute approximate surface area is 130 Å². The monoisotopic (exact) mass is 312 g/mol. The van der Waals surface area contributed by atoms with Crippen molar-refractivity contribution in [3.63, 3.8) is 0 Å². The van der Waals surface area contributed by atoms with Gasteiger partial charge in [-0.05, 0) is 29.8 Å². The molecule has 0 N–H and O–H groups in total. The smallest absolute Gasteiger partial charge is 0.365 e. The fourth-order valence-electron chi connectivity index (χ4n) is 2.57. The highest BCUT2D eigenvalue weighted by atomic mass is 19.1. The lowest BCUT2D eigenvalue weighted by molar-refractivity contribution is 0.231. The highest BCUT2D eigenvalue weighted by molar-refractivity contribution is 5.80. The fraction of sp³-hybridized carbons (Fsp3) is 0.176. The maximum atomic E-state index is 13.2. The molecule has 3 aromatic rings. The van der Waals surface area contributed by atoms with Gasteiger partial charge in [-0.2, -0.15) is 0 Å². The molecule has 0 saturated carbocycles. The minimum absolute atomic E-state index is 0.0622. The first-order valence-corrected chi connectivity index (χ1v) is 7.24. The summed E-state index contributed by atoms with van der Waals surface area (Å²) in [5.41, 5.74) is 2.04. The lowest BCUT2D eigenvalue weighted by Crippen LogP contribution is -2.05. The summed E-state index contributed by atoms with van der Waals surface area (Å²) in [4.78, 5) is 16.4. The van der Waals surface area contributed by atoms with Crippen LogP contribution in [0, 0.1) is 5.82 Å². The Morgan fingerprint density at radius 2 is 1.83 bits per heavy atom. The maximum Gasteiger partial charge on any atom is 0.365 e. The van der Waals surface area contributed by atoms with Crippen molar-refractivity contribution in [1.29, 1.82) is 0 Å². The number of hydrogen-bond donors (Lipinski definition) is 0. The van der Waals surface area contributed by atoms with Gasteiger partial charge in [0.1, 0.15) is 11.9 Å². The Morgan fingerprint density at radius 1 is 1.13 bits per heavy atom. The molecule has 0 bridgehead atoms. The second kappa shape index (κ2) is 5.48. The number of hydrogen-bond acceptors (Lipinski definition) is 4. The zero-order valence-electron chi connectivity index (χ0n) is 12.1. The second-order valence-corrected chi connectivity index (χ2v) is 5.36. The van der Waals surface area contributed by atoms with Crippen LogP contribution in [0.5, 0.6) is 0 Å². The molecule has 1 aliphatic rings. The molecule has 1 aromatic carbocycles. The Morgan fingerprint density at radius 3 is 2.48 bits per heavy atom. The first-order valence-electron chi connectivity index (χ1n) is 7.24. The number of benzene rings is 1. The number of halogens is 1. The Hall–Kier alpha value is -2.73. The Bertz CT molecular complexity index is 880. The van der Waals surface area contributed by atoms with Gasteiger partial charge in [0.2, 0.25) is 0 Å². The van der Waals surface area contributed by atoms with Crippen LogP contribution in [-0.4, -0.2) is 22.4 Å². The Kier molecular flexibility index (Phi) is 3.31. The third-order valence-electron chi connectivity index (χ3n) is 3.74. The van der Waals surface area contributed by atoms with Gasteiger partial charge in [0.15, 0.2) is 0 Å². The van der Waals surface area contributed by atoms with Crippen LogP contribution in [0.15, 0.2) is 58.1 Å². The van der Waals surface area contributed by atoms with Crippen molar-refractivity contribution in [3.05, 3.63) is 65.0 Å². The largest absolute Gasteiger partial charge is 0.371 e. The summed E-state index contributed by atoms with van der Waals surface area (Å²) < 4.78 is 25.4. The summed E-state index contributed by atoms with van der Waals surface area (Å²) in [6.45, 7) is 1.12. The van der Waals surface area contributed by atoms with Gasteiger partial charge in [-0.3, -0.25) is 4.98 Å². The molecular weight excluding hydrogens is 299 g/mol. The molecular formula is C17H13FN2O3. The van der Waals surface area contributed by atoms with E-state index in [2.05, 4.69) is 4.98 Å². The zero-order valence-corrected chi connectivity index (χ0v) is 12.1. The molecule has 1 atom stereocenters. The molecule has 0 amide bonds. The van der Waals surface area contributed by atoms with Crippen LogP contribution in [0.1, 0.15) is 0 Å². The van der Waals surface area contributed by atoms with Gasteiger partial charge in [0, 0.05) is 18.0 Å². The Balaban J connectivity index is 1.91.